The van der Waals surface area contributed by atoms with Crippen molar-refractivity contribution in [3.8, 4) is 0 Å². The number of rotatable bonds is 3. The minimum atomic E-state index is -0.349. The lowest BCUT2D eigenvalue weighted by Crippen LogP contribution is -2.44. The minimum Gasteiger partial charge on any atom is -0.273 e. The Morgan fingerprint density at radius 2 is 2.50 bits per heavy atom. The third-order valence-electron chi connectivity index (χ3n) is 2.45. The highest BCUT2D eigenvalue weighted by Gasteiger charge is 2.33. The van der Waals surface area contributed by atoms with Crippen molar-refractivity contribution in [1.29, 1.82) is 0 Å². The summed E-state index contributed by atoms with van der Waals surface area (Å²) in [6.45, 7) is 0. The molecule has 1 unspecified atom stereocenters. The number of alkyl halides is 1. The van der Waals surface area contributed by atoms with Gasteiger partial charge in [0.15, 0.2) is 0 Å². The van der Waals surface area contributed by atoms with Gasteiger partial charge in [0, 0.05) is 11.3 Å². The van der Waals surface area contributed by atoms with E-state index in [0.29, 0.717) is 6.42 Å². The van der Waals surface area contributed by atoms with E-state index in [9.17, 15) is 9.59 Å². The van der Waals surface area contributed by atoms with Gasteiger partial charge in [-0.15, -0.1) is 22.9 Å². The van der Waals surface area contributed by atoms with Crippen LogP contribution in [0.1, 0.15) is 23.8 Å². The van der Waals surface area contributed by atoms with Gasteiger partial charge >= 0.3 is 0 Å². The number of halogens is 1. The minimum absolute atomic E-state index is 0.0420. The van der Waals surface area contributed by atoms with Crippen molar-refractivity contribution in [2.24, 2.45) is 0 Å². The zero-order valence-corrected chi connectivity index (χ0v) is 10.1. The molecule has 4 nitrogen and oxygen atoms in total. The summed E-state index contributed by atoms with van der Waals surface area (Å²) < 4.78 is 0. The van der Waals surface area contributed by atoms with Crippen LogP contribution in [0.15, 0.2) is 17.5 Å². The topological polar surface area (TPSA) is 49.4 Å². The van der Waals surface area contributed by atoms with Crippen molar-refractivity contribution in [1.82, 2.24) is 10.4 Å². The summed E-state index contributed by atoms with van der Waals surface area (Å²) in [7, 11) is 0. The normalized spacial score (nSPS) is 20.2. The first-order chi connectivity index (χ1) is 7.72. The molecule has 1 N–H and O–H groups in total. The van der Waals surface area contributed by atoms with Gasteiger partial charge in [-0.25, -0.2) is 5.01 Å². The molecule has 1 atom stereocenters. The number of nitrogens with one attached hydrogen (secondary N) is 1. The first-order valence-corrected chi connectivity index (χ1v) is 6.34. The largest absolute Gasteiger partial charge is 0.273 e. The lowest BCUT2D eigenvalue weighted by molar-refractivity contribution is -0.139. The SMILES string of the molecule is O=C(CCl)NN1C(=O)CCC1c1cccs1. The summed E-state index contributed by atoms with van der Waals surface area (Å²) in [4.78, 5) is 23.9. The van der Waals surface area contributed by atoms with Crippen LogP contribution < -0.4 is 5.43 Å². The van der Waals surface area contributed by atoms with Crippen LogP contribution in [0.25, 0.3) is 0 Å². The number of nitrogens with zero attached hydrogens (tertiary/aromatic N) is 1. The molecule has 2 heterocycles. The van der Waals surface area contributed by atoms with Gasteiger partial charge < -0.3 is 0 Å². The summed E-state index contributed by atoms with van der Waals surface area (Å²) in [5.41, 5.74) is 2.54. The Balaban J connectivity index is 2.13. The molecule has 1 aliphatic heterocycles. The average Bonchev–Trinajstić information content (AvgIpc) is 2.89. The van der Waals surface area contributed by atoms with Crippen LogP contribution >= 0.6 is 22.9 Å². The highest BCUT2D eigenvalue weighted by Crippen LogP contribution is 2.33. The molecule has 2 rings (SSSR count). The third-order valence-corrected chi connectivity index (χ3v) is 3.67. The molecule has 0 bridgehead atoms. The zero-order chi connectivity index (χ0) is 11.5. The molecule has 6 heteroatoms. The highest BCUT2D eigenvalue weighted by molar-refractivity contribution is 7.10. The fraction of sp³-hybridized carbons (Fsp3) is 0.400. The molecule has 2 amide bonds. The number of thiophene rings is 1. The lowest BCUT2D eigenvalue weighted by Gasteiger charge is -2.23. The molecule has 1 aromatic heterocycles. The van der Waals surface area contributed by atoms with E-state index in [1.54, 1.807) is 11.3 Å². The van der Waals surface area contributed by atoms with Crippen LogP contribution in [0.4, 0.5) is 0 Å². The van der Waals surface area contributed by atoms with Gasteiger partial charge in [0.25, 0.3) is 5.91 Å². The molecular formula is C10H11ClN2O2S. The van der Waals surface area contributed by atoms with Gasteiger partial charge in [0.1, 0.15) is 5.88 Å². The Labute approximate surface area is 102 Å². The van der Waals surface area contributed by atoms with Gasteiger partial charge in [0.05, 0.1) is 6.04 Å². The molecule has 1 fully saturated rings. The molecule has 0 spiro atoms. The maximum Gasteiger partial charge on any atom is 0.253 e. The van der Waals surface area contributed by atoms with E-state index < -0.39 is 0 Å². The van der Waals surface area contributed by atoms with Gasteiger partial charge in [-0.3, -0.25) is 15.0 Å². The first kappa shape index (κ1) is 11.4. The molecule has 0 aliphatic carbocycles. The predicted molar refractivity (Wildman–Crippen MR) is 62.0 cm³/mol. The smallest absolute Gasteiger partial charge is 0.253 e. The Kier molecular flexibility index (Phi) is 3.46. The maximum atomic E-state index is 11.6. The monoisotopic (exact) mass is 258 g/mol. The third kappa shape index (κ3) is 2.20. The van der Waals surface area contributed by atoms with Crippen LogP contribution in [-0.4, -0.2) is 22.7 Å². The lowest BCUT2D eigenvalue weighted by atomic mass is 10.2. The number of amides is 2. The number of hydrazine groups is 1. The Morgan fingerprint density at radius 3 is 3.12 bits per heavy atom. The Hall–Kier alpha value is -1.07. The van der Waals surface area contributed by atoms with E-state index >= 15 is 0 Å². The molecule has 0 aromatic carbocycles. The molecule has 1 aliphatic rings. The van der Waals surface area contributed by atoms with E-state index in [-0.39, 0.29) is 23.7 Å². The van der Waals surface area contributed by atoms with Crippen LogP contribution in [0.3, 0.4) is 0 Å². The van der Waals surface area contributed by atoms with E-state index in [0.717, 1.165) is 11.3 Å². The zero-order valence-electron chi connectivity index (χ0n) is 8.48. The number of hydrogen-bond acceptors (Lipinski definition) is 3. The standard InChI is InChI=1S/C10H11ClN2O2S/c11-6-9(14)12-13-7(3-4-10(13)15)8-2-1-5-16-8/h1-2,5,7H,3-4,6H2,(H,12,14). The molecule has 86 valence electrons. The fourth-order valence-corrected chi connectivity index (χ4v) is 2.65. The van der Waals surface area contributed by atoms with Gasteiger partial charge in [-0.05, 0) is 17.9 Å². The molecule has 1 aromatic rings. The van der Waals surface area contributed by atoms with Crippen LogP contribution in [0, 0.1) is 0 Å². The second-order valence-corrected chi connectivity index (χ2v) is 4.75. The van der Waals surface area contributed by atoms with Crippen molar-refractivity contribution in [2.45, 2.75) is 18.9 Å². The molecule has 0 saturated carbocycles. The number of hydrogen-bond donors (Lipinski definition) is 1. The summed E-state index contributed by atoms with van der Waals surface area (Å²) in [5, 5.41) is 3.36. The second kappa shape index (κ2) is 4.84. The van der Waals surface area contributed by atoms with Crippen LogP contribution in [0.2, 0.25) is 0 Å². The average molecular weight is 259 g/mol. The van der Waals surface area contributed by atoms with Crippen molar-refractivity contribution < 1.29 is 9.59 Å². The first-order valence-electron chi connectivity index (χ1n) is 4.93. The summed E-state index contributed by atoms with van der Waals surface area (Å²) in [5.74, 6) is -0.545. The molecular weight excluding hydrogens is 248 g/mol. The highest BCUT2D eigenvalue weighted by atomic mass is 35.5. The van der Waals surface area contributed by atoms with Gasteiger partial charge in [-0.1, -0.05) is 6.07 Å². The molecule has 16 heavy (non-hydrogen) atoms. The van der Waals surface area contributed by atoms with Gasteiger partial charge in [-0.2, -0.15) is 0 Å². The van der Waals surface area contributed by atoms with Crippen molar-refractivity contribution in [2.75, 3.05) is 5.88 Å². The van der Waals surface area contributed by atoms with E-state index in [1.807, 2.05) is 17.5 Å². The summed E-state index contributed by atoms with van der Waals surface area (Å²) in [6, 6.07) is 3.86. The maximum absolute atomic E-state index is 11.6. The molecule has 0 radical (unpaired) electrons. The number of carbonyl (C=O) groups excluding carboxylic acids is 2. The predicted octanol–water partition coefficient (Wildman–Crippen LogP) is 1.68. The van der Waals surface area contributed by atoms with Crippen LogP contribution in [-0.2, 0) is 9.59 Å². The van der Waals surface area contributed by atoms with Crippen LogP contribution in [0.5, 0.6) is 0 Å². The van der Waals surface area contributed by atoms with E-state index in [2.05, 4.69) is 5.43 Å². The van der Waals surface area contributed by atoms with Gasteiger partial charge in [0.2, 0.25) is 5.91 Å². The summed E-state index contributed by atoms with van der Waals surface area (Å²) >= 11 is 6.99. The van der Waals surface area contributed by atoms with Crippen molar-refractivity contribution >= 4 is 34.8 Å². The molecule has 1 saturated heterocycles. The fourth-order valence-electron chi connectivity index (χ4n) is 1.74. The van der Waals surface area contributed by atoms with Crippen molar-refractivity contribution in [3.05, 3.63) is 22.4 Å². The Bertz CT molecular complexity index is 394. The summed E-state index contributed by atoms with van der Waals surface area (Å²) in [6.07, 6.45) is 1.20. The van der Waals surface area contributed by atoms with E-state index in [4.69, 9.17) is 11.6 Å². The van der Waals surface area contributed by atoms with E-state index in [1.165, 1.54) is 5.01 Å². The number of carbonyl (C=O) groups is 2. The quantitative estimate of drug-likeness (QED) is 0.839. The van der Waals surface area contributed by atoms with Crippen molar-refractivity contribution in [3.63, 3.8) is 0 Å². The second-order valence-electron chi connectivity index (χ2n) is 3.50. The Morgan fingerprint density at radius 1 is 1.69 bits per heavy atom.